The van der Waals surface area contributed by atoms with Gasteiger partial charge >= 0.3 is 0 Å². The van der Waals surface area contributed by atoms with Gasteiger partial charge in [-0.3, -0.25) is 4.79 Å². The van der Waals surface area contributed by atoms with Crippen LogP contribution in [-0.2, 0) is 14.6 Å². The number of carbonyl (C=O) groups is 1. The summed E-state index contributed by atoms with van der Waals surface area (Å²) in [5.74, 6) is 0.114. The third-order valence-corrected chi connectivity index (χ3v) is 7.16. The van der Waals surface area contributed by atoms with Gasteiger partial charge in [-0.05, 0) is 41.1 Å². The number of thiazole rings is 1. The summed E-state index contributed by atoms with van der Waals surface area (Å²) < 4.78 is 24.1. The molecule has 0 aliphatic heterocycles. The molecular formula is C20H16N2O3S3. The lowest BCUT2D eigenvalue weighted by Gasteiger charge is -2.04. The fourth-order valence-corrected chi connectivity index (χ4v) is 5.14. The highest BCUT2D eigenvalue weighted by Gasteiger charge is 2.12. The van der Waals surface area contributed by atoms with E-state index in [1.54, 1.807) is 12.1 Å². The van der Waals surface area contributed by atoms with Gasteiger partial charge in [0.15, 0.2) is 15.0 Å². The summed E-state index contributed by atoms with van der Waals surface area (Å²) >= 11 is 2.72. The Labute approximate surface area is 170 Å². The first-order valence-corrected chi connectivity index (χ1v) is 12.1. The van der Waals surface area contributed by atoms with E-state index in [1.807, 2.05) is 30.3 Å². The first-order valence-electron chi connectivity index (χ1n) is 8.41. The van der Waals surface area contributed by atoms with Gasteiger partial charge in [-0.2, -0.15) is 0 Å². The minimum Gasteiger partial charge on any atom is -0.301 e. The summed E-state index contributed by atoms with van der Waals surface area (Å²) in [7, 11) is -3.27. The van der Waals surface area contributed by atoms with Gasteiger partial charge in [0.25, 0.3) is 0 Å². The van der Waals surface area contributed by atoms with Crippen LogP contribution in [0.15, 0.2) is 70.5 Å². The second-order valence-electron chi connectivity index (χ2n) is 6.27. The molecule has 0 saturated heterocycles. The van der Waals surface area contributed by atoms with Crippen molar-refractivity contribution in [1.82, 2.24) is 4.98 Å². The van der Waals surface area contributed by atoms with Crippen molar-refractivity contribution in [3.8, 4) is 0 Å². The van der Waals surface area contributed by atoms with Crippen LogP contribution in [0.25, 0.3) is 21.0 Å². The fraction of sp³-hybridized carbons (Fsp3) is 0.100. The van der Waals surface area contributed by atoms with E-state index in [2.05, 4.69) is 22.4 Å². The van der Waals surface area contributed by atoms with Crippen LogP contribution in [0.5, 0.6) is 0 Å². The summed E-state index contributed by atoms with van der Waals surface area (Å²) in [6, 6.07) is 19.0. The standard InChI is InChI=1S/C20H16N2O3S3/c1-28(24,25)16-8-9-17-18(11-16)27-20(21-17)22-19(23)12-26-15-7-6-13-4-2-3-5-14(13)10-15/h2-11H,12H2,1H3,(H,21,22,23). The Kier molecular flexibility index (Phi) is 5.09. The first kappa shape index (κ1) is 18.9. The minimum atomic E-state index is -3.27. The van der Waals surface area contributed by atoms with Crippen molar-refractivity contribution < 1.29 is 13.2 Å². The summed E-state index contributed by atoms with van der Waals surface area (Å²) in [5, 5.41) is 5.56. The molecule has 0 aliphatic rings. The molecule has 0 saturated carbocycles. The molecule has 8 heteroatoms. The van der Waals surface area contributed by atoms with Crippen LogP contribution in [0, 0.1) is 0 Å². The molecular weight excluding hydrogens is 412 g/mol. The third kappa shape index (κ3) is 4.19. The number of fused-ring (bicyclic) bond motifs is 2. The average Bonchev–Trinajstić information content (AvgIpc) is 3.07. The Morgan fingerprint density at radius 1 is 1.07 bits per heavy atom. The molecule has 4 rings (SSSR count). The van der Waals surface area contributed by atoms with Crippen LogP contribution < -0.4 is 5.32 Å². The number of rotatable bonds is 5. The highest BCUT2D eigenvalue weighted by Crippen LogP contribution is 2.29. The van der Waals surface area contributed by atoms with Crippen LogP contribution in [0.2, 0.25) is 0 Å². The van der Waals surface area contributed by atoms with E-state index < -0.39 is 9.84 Å². The van der Waals surface area contributed by atoms with Crippen LogP contribution in [0.3, 0.4) is 0 Å². The van der Waals surface area contributed by atoms with E-state index >= 15 is 0 Å². The maximum absolute atomic E-state index is 12.3. The molecule has 4 aromatic rings. The lowest BCUT2D eigenvalue weighted by atomic mass is 10.1. The number of nitrogens with one attached hydrogen (secondary N) is 1. The Morgan fingerprint density at radius 3 is 2.64 bits per heavy atom. The van der Waals surface area contributed by atoms with E-state index in [4.69, 9.17) is 0 Å². The minimum absolute atomic E-state index is 0.152. The first-order chi connectivity index (χ1) is 13.4. The van der Waals surface area contributed by atoms with Crippen molar-refractivity contribution >= 4 is 65.0 Å². The van der Waals surface area contributed by atoms with Crippen molar-refractivity contribution in [2.75, 3.05) is 17.3 Å². The van der Waals surface area contributed by atoms with E-state index in [9.17, 15) is 13.2 Å². The van der Waals surface area contributed by atoms with Crippen molar-refractivity contribution in [3.63, 3.8) is 0 Å². The molecule has 28 heavy (non-hydrogen) atoms. The molecule has 1 heterocycles. The molecule has 0 spiro atoms. The van der Waals surface area contributed by atoms with Crippen LogP contribution in [0.4, 0.5) is 5.13 Å². The second kappa shape index (κ2) is 7.54. The zero-order valence-electron chi connectivity index (χ0n) is 14.9. The molecule has 0 radical (unpaired) electrons. The largest absolute Gasteiger partial charge is 0.301 e. The van der Waals surface area contributed by atoms with Crippen LogP contribution >= 0.6 is 23.1 Å². The Hall–Kier alpha value is -2.42. The van der Waals surface area contributed by atoms with Crippen LogP contribution in [0.1, 0.15) is 0 Å². The fourth-order valence-electron chi connectivity index (χ4n) is 2.75. The highest BCUT2D eigenvalue weighted by molar-refractivity contribution is 8.00. The van der Waals surface area contributed by atoms with Gasteiger partial charge < -0.3 is 5.32 Å². The molecule has 1 aromatic heterocycles. The predicted molar refractivity (Wildman–Crippen MR) is 116 cm³/mol. The summed E-state index contributed by atoms with van der Waals surface area (Å²) in [4.78, 5) is 17.9. The number of amides is 1. The summed E-state index contributed by atoms with van der Waals surface area (Å²) in [6.07, 6.45) is 1.17. The molecule has 3 aromatic carbocycles. The number of hydrogen-bond donors (Lipinski definition) is 1. The van der Waals surface area contributed by atoms with Crippen molar-refractivity contribution in [2.24, 2.45) is 0 Å². The highest BCUT2D eigenvalue weighted by atomic mass is 32.2. The van der Waals surface area contributed by atoms with E-state index in [0.717, 1.165) is 15.0 Å². The number of hydrogen-bond acceptors (Lipinski definition) is 6. The number of anilines is 1. The number of nitrogens with zero attached hydrogens (tertiary/aromatic N) is 1. The molecule has 0 aliphatic carbocycles. The predicted octanol–water partition coefficient (Wildman–Crippen LogP) is 4.58. The van der Waals surface area contributed by atoms with Gasteiger partial charge in [-0.15, -0.1) is 11.8 Å². The lowest BCUT2D eigenvalue weighted by Crippen LogP contribution is -2.13. The number of thioether (sulfide) groups is 1. The van der Waals surface area contributed by atoms with E-state index in [1.165, 1.54) is 40.8 Å². The van der Waals surface area contributed by atoms with Crippen molar-refractivity contribution in [2.45, 2.75) is 9.79 Å². The van der Waals surface area contributed by atoms with Gasteiger partial charge in [0.1, 0.15) is 0 Å². The topological polar surface area (TPSA) is 76.1 Å². The smallest absolute Gasteiger partial charge is 0.236 e. The monoisotopic (exact) mass is 428 g/mol. The zero-order chi connectivity index (χ0) is 19.7. The maximum atomic E-state index is 12.3. The quantitative estimate of drug-likeness (QED) is 0.471. The number of sulfone groups is 1. The molecule has 0 atom stereocenters. The van der Waals surface area contributed by atoms with Gasteiger partial charge in [0.05, 0.1) is 20.9 Å². The van der Waals surface area contributed by atoms with E-state index in [-0.39, 0.29) is 16.6 Å². The Morgan fingerprint density at radius 2 is 1.86 bits per heavy atom. The second-order valence-corrected chi connectivity index (χ2v) is 10.4. The van der Waals surface area contributed by atoms with E-state index in [0.29, 0.717) is 10.6 Å². The van der Waals surface area contributed by atoms with Gasteiger partial charge in [-0.1, -0.05) is 41.7 Å². The van der Waals surface area contributed by atoms with Crippen molar-refractivity contribution in [3.05, 3.63) is 60.7 Å². The zero-order valence-corrected chi connectivity index (χ0v) is 17.3. The average molecular weight is 429 g/mol. The number of carbonyl (C=O) groups excluding carboxylic acids is 1. The third-order valence-electron chi connectivity index (χ3n) is 4.13. The molecule has 0 bridgehead atoms. The van der Waals surface area contributed by atoms with Crippen molar-refractivity contribution in [1.29, 1.82) is 0 Å². The molecule has 5 nitrogen and oxygen atoms in total. The maximum Gasteiger partial charge on any atom is 0.236 e. The number of benzene rings is 3. The van der Waals surface area contributed by atoms with Crippen LogP contribution in [-0.4, -0.2) is 31.3 Å². The normalized spacial score (nSPS) is 11.8. The van der Waals surface area contributed by atoms with Gasteiger partial charge in [0, 0.05) is 11.2 Å². The summed E-state index contributed by atoms with van der Waals surface area (Å²) in [5.41, 5.74) is 0.662. The molecule has 142 valence electrons. The Bertz CT molecular complexity index is 1300. The SMILES string of the molecule is CS(=O)(=O)c1ccc2nc(NC(=O)CSc3ccc4ccccc4c3)sc2c1. The molecule has 1 amide bonds. The molecule has 0 unspecified atom stereocenters. The number of aromatic nitrogens is 1. The van der Waals surface area contributed by atoms with Gasteiger partial charge in [-0.25, -0.2) is 13.4 Å². The molecule has 0 fully saturated rings. The Balaban J connectivity index is 1.44. The molecule has 1 N–H and O–H groups in total. The van der Waals surface area contributed by atoms with Gasteiger partial charge in [0.2, 0.25) is 5.91 Å². The summed E-state index contributed by atoms with van der Waals surface area (Å²) in [6.45, 7) is 0. The lowest BCUT2D eigenvalue weighted by molar-refractivity contribution is -0.113.